The monoisotopic (exact) mass is 397 g/mol. The van der Waals surface area contributed by atoms with Gasteiger partial charge in [-0.1, -0.05) is 30.3 Å². The number of hydrogen-bond acceptors (Lipinski definition) is 5. The highest BCUT2D eigenvalue weighted by Crippen LogP contribution is 2.42. The highest BCUT2D eigenvalue weighted by molar-refractivity contribution is 6.20. The van der Waals surface area contributed by atoms with Gasteiger partial charge in [-0.2, -0.15) is 0 Å². The molecule has 0 aromatic heterocycles. The van der Waals surface area contributed by atoms with E-state index in [9.17, 15) is 9.50 Å². The average Bonchev–Trinajstić information content (AvgIpc) is 2.70. The Balaban J connectivity index is 1.77. The third-order valence-electron chi connectivity index (χ3n) is 4.37. The van der Waals surface area contributed by atoms with E-state index in [1.54, 1.807) is 30.3 Å². The van der Waals surface area contributed by atoms with Crippen molar-refractivity contribution in [2.75, 3.05) is 5.32 Å². The number of para-hydroxylation sites is 1. The van der Waals surface area contributed by atoms with Gasteiger partial charge in [-0.15, -0.1) is 0 Å². The van der Waals surface area contributed by atoms with Crippen LogP contribution < -0.4 is 5.32 Å². The Kier molecular flexibility index (Phi) is 4.90. The standard InChI is InChI=1S/C21H17ClFN3O2/c22-26-14-24-20-10-9-18(27)12-19(20)21(26,25-17-7-2-1-3-8-17)28-13-15-5-4-6-16(23)11-15/h1-12,14,25,27H,13H2. The fourth-order valence-corrected chi connectivity index (χ4v) is 3.27. The number of ether oxygens (including phenoxy) is 1. The van der Waals surface area contributed by atoms with E-state index < -0.39 is 5.85 Å². The van der Waals surface area contributed by atoms with E-state index in [2.05, 4.69) is 10.3 Å². The van der Waals surface area contributed by atoms with Crippen LogP contribution in [0.25, 0.3) is 0 Å². The summed E-state index contributed by atoms with van der Waals surface area (Å²) in [6.45, 7) is 0.0732. The number of nitrogens with one attached hydrogen (secondary N) is 1. The van der Waals surface area contributed by atoms with Gasteiger partial charge in [0.25, 0.3) is 5.85 Å². The van der Waals surface area contributed by atoms with Gasteiger partial charge in [-0.05, 0) is 48.0 Å². The summed E-state index contributed by atoms with van der Waals surface area (Å²) in [6, 6.07) is 20.3. The molecular formula is C21H17ClFN3O2. The fraction of sp³-hybridized carbons (Fsp3) is 0.0952. The molecule has 0 bridgehead atoms. The number of nitrogens with zero attached hydrogens (tertiary/aromatic N) is 2. The lowest BCUT2D eigenvalue weighted by Gasteiger charge is -2.42. The van der Waals surface area contributed by atoms with Crippen LogP contribution in [0.4, 0.5) is 15.8 Å². The molecule has 0 saturated carbocycles. The van der Waals surface area contributed by atoms with Crippen LogP contribution in [0.5, 0.6) is 5.75 Å². The van der Waals surface area contributed by atoms with Gasteiger partial charge >= 0.3 is 0 Å². The Hall–Kier alpha value is -3.09. The van der Waals surface area contributed by atoms with Crippen molar-refractivity contribution in [3.63, 3.8) is 0 Å². The van der Waals surface area contributed by atoms with Gasteiger partial charge < -0.3 is 15.2 Å². The molecule has 0 radical (unpaired) electrons. The Labute approximate surface area is 166 Å². The largest absolute Gasteiger partial charge is 0.508 e. The van der Waals surface area contributed by atoms with Crippen molar-refractivity contribution in [1.82, 2.24) is 4.42 Å². The second kappa shape index (κ2) is 7.50. The summed E-state index contributed by atoms with van der Waals surface area (Å²) in [5.74, 6) is -1.67. The van der Waals surface area contributed by atoms with Crippen molar-refractivity contribution < 1.29 is 14.2 Å². The van der Waals surface area contributed by atoms with Gasteiger partial charge in [-0.3, -0.25) is 0 Å². The van der Waals surface area contributed by atoms with Crippen LogP contribution in [0.3, 0.4) is 0 Å². The molecule has 1 aliphatic heterocycles. The first-order valence-electron chi connectivity index (χ1n) is 8.61. The van der Waals surface area contributed by atoms with Crippen LogP contribution in [-0.4, -0.2) is 15.9 Å². The number of hydrogen-bond donors (Lipinski definition) is 2. The van der Waals surface area contributed by atoms with E-state index in [0.29, 0.717) is 16.8 Å². The van der Waals surface area contributed by atoms with E-state index >= 15 is 0 Å². The molecule has 142 valence electrons. The number of benzene rings is 3. The number of anilines is 1. The molecule has 0 fully saturated rings. The molecule has 1 aliphatic rings. The number of aliphatic imine (C=N–C) groups is 1. The molecular weight excluding hydrogens is 381 g/mol. The number of aromatic hydroxyl groups is 1. The first-order valence-corrected chi connectivity index (χ1v) is 8.95. The summed E-state index contributed by atoms with van der Waals surface area (Å²) in [4.78, 5) is 4.30. The summed E-state index contributed by atoms with van der Waals surface area (Å²) in [5.41, 5.74) is 2.52. The highest BCUT2D eigenvalue weighted by atomic mass is 35.5. The van der Waals surface area contributed by atoms with Gasteiger partial charge in [0, 0.05) is 17.5 Å². The zero-order valence-corrected chi connectivity index (χ0v) is 15.5. The minimum atomic E-state index is -1.37. The smallest absolute Gasteiger partial charge is 0.264 e. The first kappa shape index (κ1) is 18.3. The van der Waals surface area contributed by atoms with Crippen molar-refractivity contribution in [1.29, 1.82) is 0 Å². The Morgan fingerprint density at radius 1 is 1.07 bits per heavy atom. The number of fused-ring (bicyclic) bond motifs is 1. The van der Waals surface area contributed by atoms with Crippen molar-refractivity contribution >= 4 is 29.5 Å². The Bertz CT molecular complexity index is 1020. The number of phenols is 1. The topological polar surface area (TPSA) is 57.1 Å². The van der Waals surface area contributed by atoms with Crippen molar-refractivity contribution in [2.45, 2.75) is 12.5 Å². The minimum absolute atomic E-state index is 0.0505. The zero-order valence-electron chi connectivity index (χ0n) is 14.7. The number of halogens is 2. The van der Waals surface area contributed by atoms with Crippen LogP contribution >= 0.6 is 11.8 Å². The molecule has 1 heterocycles. The lowest BCUT2D eigenvalue weighted by molar-refractivity contribution is -0.0921. The van der Waals surface area contributed by atoms with Crippen molar-refractivity contribution in [2.24, 2.45) is 4.99 Å². The minimum Gasteiger partial charge on any atom is -0.508 e. The van der Waals surface area contributed by atoms with Crippen molar-refractivity contribution in [3.05, 3.63) is 89.7 Å². The maximum absolute atomic E-state index is 13.6. The number of phenolic OH excluding ortho intramolecular Hbond substituents is 1. The maximum Gasteiger partial charge on any atom is 0.264 e. The Morgan fingerprint density at radius 3 is 2.68 bits per heavy atom. The molecule has 1 unspecified atom stereocenters. The maximum atomic E-state index is 13.6. The second-order valence-electron chi connectivity index (χ2n) is 6.31. The molecule has 0 spiro atoms. The van der Waals surface area contributed by atoms with Crippen LogP contribution in [-0.2, 0) is 17.2 Å². The molecule has 1 atom stereocenters. The predicted octanol–water partition coefficient (Wildman–Crippen LogP) is 5.10. The number of rotatable bonds is 5. The normalized spacial score (nSPS) is 18.0. The molecule has 7 heteroatoms. The first-order chi connectivity index (χ1) is 13.6. The van der Waals surface area contributed by atoms with E-state index in [1.165, 1.54) is 22.9 Å². The second-order valence-corrected chi connectivity index (χ2v) is 6.68. The molecule has 28 heavy (non-hydrogen) atoms. The quantitative estimate of drug-likeness (QED) is 0.464. The van der Waals surface area contributed by atoms with Gasteiger partial charge in [0.15, 0.2) is 0 Å². The van der Waals surface area contributed by atoms with Crippen LogP contribution in [0.2, 0.25) is 0 Å². The summed E-state index contributed by atoms with van der Waals surface area (Å²) >= 11 is 6.51. The lowest BCUT2D eigenvalue weighted by atomic mass is 10.0. The third-order valence-corrected chi connectivity index (χ3v) is 4.69. The van der Waals surface area contributed by atoms with E-state index in [1.807, 2.05) is 30.3 Å². The van der Waals surface area contributed by atoms with Gasteiger partial charge in [0.2, 0.25) is 0 Å². The van der Waals surface area contributed by atoms with Gasteiger partial charge in [0.05, 0.1) is 17.9 Å². The summed E-state index contributed by atoms with van der Waals surface area (Å²) in [7, 11) is 0. The summed E-state index contributed by atoms with van der Waals surface area (Å²) in [5, 5.41) is 13.3. The average molecular weight is 398 g/mol. The summed E-state index contributed by atoms with van der Waals surface area (Å²) in [6.07, 6.45) is 1.43. The third kappa shape index (κ3) is 3.52. The highest BCUT2D eigenvalue weighted by Gasteiger charge is 2.43. The SMILES string of the molecule is Oc1ccc2c(c1)C(Nc1ccccc1)(OCc1cccc(F)c1)N(Cl)C=N2. The lowest BCUT2D eigenvalue weighted by Crippen LogP contribution is -2.50. The fourth-order valence-electron chi connectivity index (χ4n) is 3.05. The Morgan fingerprint density at radius 2 is 1.89 bits per heavy atom. The van der Waals surface area contributed by atoms with Gasteiger partial charge in [0.1, 0.15) is 17.9 Å². The molecule has 4 rings (SSSR count). The van der Waals surface area contributed by atoms with Crippen molar-refractivity contribution in [3.8, 4) is 5.75 Å². The van der Waals surface area contributed by atoms with Crippen LogP contribution in [0.1, 0.15) is 11.1 Å². The summed E-state index contributed by atoms with van der Waals surface area (Å²) < 4.78 is 21.1. The van der Waals surface area contributed by atoms with E-state index in [0.717, 1.165) is 5.69 Å². The van der Waals surface area contributed by atoms with Crippen LogP contribution in [0.15, 0.2) is 77.8 Å². The molecule has 3 aromatic carbocycles. The molecule has 0 aliphatic carbocycles. The zero-order chi connectivity index (χ0) is 19.6. The van der Waals surface area contributed by atoms with Gasteiger partial charge in [-0.25, -0.2) is 13.8 Å². The van der Waals surface area contributed by atoms with E-state index in [4.69, 9.17) is 16.5 Å². The molecule has 0 saturated heterocycles. The molecule has 2 N–H and O–H groups in total. The molecule has 5 nitrogen and oxygen atoms in total. The molecule has 3 aromatic rings. The molecule has 0 amide bonds. The van der Waals surface area contributed by atoms with E-state index in [-0.39, 0.29) is 18.2 Å². The predicted molar refractivity (Wildman–Crippen MR) is 107 cm³/mol. The van der Waals surface area contributed by atoms with Crippen LogP contribution in [0, 0.1) is 5.82 Å².